The second-order valence-electron chi connectivity index (χ2n) is 5.09. The number of ether oxygens (including phenoxy) is 1. The fourth-order valence-corrected chi connectivity index (χ4v) is 1.75. The Hall–Kier alpha value is -1.22. The van der Waals surface area contributed by atoms with Crippen LogP contribution in [0.1, 0.15) is 42.3 Å². The number of carbonyl (C=O) groups is 1. The first-order valence-corrected chi connectivity index (χ1v) is 5.80. The van der Waals surface area contributed by atoms with Crippen LogP contribution < -0.4 is 5.73 Å². The molecule has 0 aliphatic heterocycles. The second kappa shape index (κ2) is 4.57. The van der Waals surface area contributed by atoms with Crippen LogP contribution in [-0.4, -0.2) is 11.6 Å². The highest BCUT2D eigenvalue weighted by molar-refractivity contribution is 6.32. The van der Waals surface area contributed by atoms with E-state index in [4.69, 9.17) is 22.1 Å². The van der Waals surface area contributed by atoms with Gasteiger partial charge in [-0.2, -0.15) is 0 Å². The van der Waals surface area contributed by atoms with Gasteiger partial charge in [-0.25, -0.2) is 4.79 Å². The van der Waals surface area contributed by atoms with Crippen molar-refractivity contribution in [2.45, 2.75) is 40.2 Å². The average Bonchev–Trinajstić information content (AvgIpc) is 2.12. The fraction of sp³-hybridized carbons (Fsp3) is 0.462. The van der Waals surface area contributed by atoms with Gasteiger partial charge in [-0.15, -0.1) is 0 Å². The number of carbonyl (C=O) groups excluding carboxylic acids is 1. The van der Waals surface area contributed by atoms with Crippen molar-refractivity contribution in [1.82, 2.24) is 0 Å². The van der Waals surface area contributed by atoms with Gasteiger partial charge in [0.1, 0.15) is 5.60 Å². The standard InChI is InChI=1S/C13H18ClNO2/c1-7-6-9(14)8(2)10(11(7)15)12(16)17-13(3,4)5/h6H,15H2,1-5H3. The lowest BCUT2D eigenvalue weighted by Gasteiger charge is -2.21. The zero-order valence-electron chi connectivity index (χ0n) is 10.8. The third-order valence-corrected chi connectivity index (χ3v) is 2.77. The molecule has 0 aliphatic carbocycles. The molecule has 0 atom stereocenters. The number of aryl methyl sites for hydroxylation is 1. The Labute approximate surface area is 107 Å². The summed E-state index contributed by atoms with van der Waals surface area (Å²) >= 11 is 6.04. The van der Waals surface area contributed by atoms with Crippen molar-refractivity contribution in [3.05, 3.63) is 27.8 Å². The fourth-order valence-electron chi connectivity index (χ4n) is 1.49. The molecule has 1 rings (SSSR count). The molecule has 0 radical (unpaired) electrons. The molecule has 0 aliphatic rings. The molecule has 3 nitrogen and oxygen atoms in total. The highest BCUT2D eigenvalue weighted by Gasteiger charge is 2.23. The first kappa shape index (κ1) is 13.8. The number of esters is 1. The number of anilines is 1. The molecule has 0 unspecified atom stereocenters. The van der Waals surface area contributed by atoms with E-state index in [9.17, 15) is 4.79 Å². The van der Waals surface area contributed by atoms with E-state index in [1.54, 1.807) is 13.0 Å². The van der Waals surface area contributed by atoms with Crippen molar-refractivity contribution >= 4 is 23.3 Å². The van der Waals surface area contributed by atoms with Gasteiger partial charge >= 0.3 is 5.97 Å². The molecular weight excluding hydrogens is 238 g/mol. The van der Waals surface area contributed by atoms with E-state index >= 15 is 0 Å². The molecule has 4 heteroatoms. The van der Waals surface area contributed by atoms with Gasteiger partial charge < -0.3 is 10.5 Å². The van der Waals surface area contributed by atoms with Crippen LogP contribution in [0.4, 0.5) is 5.69 Å². The zero-order chi connectivity index (χ0) is 13.4. The molecule has 1 aromatic carbocycles. The molecule has 0 bridgehead atoms. The summed E-state index contributed by atoms with van der Waals surface area (Å²) in [5, 5.41) is 0.526. The molecular formula is C13H18ClNO2. The molecule has 0 heterocycles. The normalized spacial score (nSPS) is 11.4. The van der Waals surface area contributed by atoms with E-state index < -0.39 is 11.6 Å². The molecule has 0 saturated carbocycles. The Morgan fingerprint density at radius 2 is 1.88 bits per heavy atom. The van der Waals surface area contributed by atoms with Gasteiger partial charge in [0, 0.05) is 10.7 Å². The minimum atomic E-state index is -0.549. The second-order valence-corrected chi connectivity index (χ2v) is 5.50. The van der Waals surface area contributed by atoms with E-state index in [0.29, 0.717) is 21.8 Å². The van der Waals surface area contributed by atoms with Crippen LogP contribution in [0.5, 0.6) is 0 Å². The van der Waals surface area contributed by atoms with E-state index in [0.717, 1.165) is 5.56 Å². The lowest BCUT2D eigenvalue weighted by Crippen LogP contribution is -2.25. The quantitative estimate of drug-likeness (QED) is 0.617. The summed E-state index contributed by atoms with van der Waals surface area (Å²) in [6, 6.07) is 1.75. The maximum absolute atomic E-state index is 12.0. The molecule has 0 aromatic heterocycles. The summed E-state index contributed by atoms with van der Waals surface area (Å²) in [7, 11) is 0. The number of hydrogen-bond donors (Lipinski definition) is 1. The van der Waals surface area contributed by atoms with E-state index in [1.165, 1.54) is 0 Å². The largest absolute Gasteiger partial charge is 0.456 e. The van der Waals surface area contributed by atoms with Crippen LogP contribution in [0.15, 0.2) is 6.07 Å². The number of nitrogen functional groups attached to an aromatic ring is 1. The molecule has 2 N–H and O–H groups in total. The molecule has 1 aromatic rings. The van der Waals surface area contributed by atoms with Crippen LogP contribution in [0.25, 0.3) is 0 Å². The van der Waals surface area contributed by atoms with Crippen molar-refractivity contribution in [1.29, 1.82) is 0 Å². The Balaban J connectivity index is 3.27. The predicted molar refractivity (Wildman–Crippen MR) is 70.5 cm³/mol. The third kappa shape index (κ3) is 3.13. The highest BCUT2D eigenvalue weighted by atomic mass is 35.5. The topological polar surface area (TPSA) is 52.3 Å². The Kier molecular flexibility index (Phi) is 3.72. The van der Waals surface area contributed by atoms with Crippen molar-refractivity contribution in [2.75, 3.05) is 5.73 Å². The van der Waals surface area contributed by atoms with Gasteiger partial charge in [-0.1, -0.05) is 11.6 Å². The first-order valence-electron chi connectivity index (χ1n) is 5.42. The lowest BCUT2D eigenvalue weighted by atomic mass is 10.0. The summed E-state index contributed by atoms with van der Waals surface area (Å²) < 4.78 is 5.32. The zero-order valence-corrected chi connectivity index (χ0v) is 11.6. The van der Waals surface area contributed by atoms with Crippen molar-refractivity contribution < 1.29 is 9.53 Å². The van der Waals surface area contributed by atoms with Gasteiger partial charge in [0.2, 0.25) is 0 Å². The van der Waals surface area contributed by atoms with Gasteiger partial charge in [0.15, 0.2) is 0 Å². The lowest BCUT2D eigenvalue weighted by molar-refractivity contribution is 0.00700. The number of nitrogens with two attached hydrogens (primary N) is 1. The minimum absolute atomic E-state index is 0.366. The Morgan fingerprint density at radius 1 is 1.35 bits per heavy atom. The molecule has 0 spiro atoms. The maximum Gasteiger partial charge on any atom is 0.341 e. The van der Waals surface area contributed by atoms with Crippen LogP contribution in [0.3, 0.4) is 0 Å². The number of benzene rings is 1. The summed E-state index contributed by atoms with van der Waals surface area (Å²) in [5.41, 5.74) is 7.60. The van der Waals surface area contributed by atoms with Gasteiger partial charge in [-0.3, -0.25) is 0 Å². The summed E-state index contributed by atoms with van der Waals surface area (Å²) in [6.07, 6.45) is 0. The Morgan fingerprint density at radius 3 is 2.35 bits per heavy atom. The smallest absolute Gasteiger partial charge is 0.341 e. The average molecular weight is 256 g/mol. The molecule has 0 fully saturated rings. The number of rotatable bonds is 1. The molecule has 94 valence electrons. The first-order chi connectivity index (χ1) is 7.63. The van der Waals surface area contributed by atoms with Crippen LogP contribution >= 0.6 is 11.6 Å². The van der Waals surface area contributed by atoms with E-state index in [-0.39, 0.29) is 0 Å². The number of hydrogen-bond acceptors (Lipinski definition) is 3. The molecule has 0 saturated heterocycles. The monoisotopic (exact) mass is 255 g/mol. The van der Waals surface area contributed by atoms with Gasteiger partial charge in [-0.05, 0) is 51.8 Å². The van der Waals surface area contributed by atoms with Crippen LogP contribution in [-0.2, 0) is 4.74 Å². The third-order valence-electron chi connectivity index (χ3n) is 2.37. The molecule has 0 amide bonds. The minimum Gasteiger partial charge on any atom is -0.456 e. The molecule has 17 heavy (non-hydrogen) atoms. The number of halogens is 1. The van der Waals surface area contributed by atoms with Gasteiger partial charge in [0.25, 0.3) is 0 Å². The van der Waals surface area contributed by atoms with Gasteiger partial charge in [0.05, 0.1) is 5.56 Å². The van der Waals surface area contributed by atoms with Crippen LogP contribution in [0.2, 0.25) is 5.02 Å². The maximum atomic E-state index is 12.0. The van der Waals surface area contributed by atoms with Crippen molar-refractivity contribution in [2.24, 2.45) is 0 Å². The summed E-state index contributed by atoms with van der Waals surface area (Å²) in [4.78, 5) is 12.0. The Bertz CT molecular complexity index is 435. The van der Waals surface area contributed by atoms with Crippen LogP contribution in [0, 0.1) is 13.8 Å². The van der Waals surface area contributed by atoms with Crippen molar-refractivity contribution in [3.8, 4) is 0 Å². The summed E-state index contributed by atoms with van der Waals surface area (Å²) in [5.74, 6) is -0.432. The predicted octanol–water partition coefficient (Wildman–Crippen LogP) is 3.49. The SMILES string of the molecule is Cc1cc(Cl)c(C)c(C(=O)OC(C)(C)C)c1N. The van der Waals surface area contributed by atoms with Crippen molar-refractivity contribution in [3.63, 3.8) is 0 Å². The highest BCUT2D eigenvalue weighted by Crippen LogP contribution is 2.29. The van der Waals surface area contributed by atoms with E-state index in [1.807, 2.05) is 27.7 Å². The summed E-state index contributed by atoms with van der Waals surface area (Å²) in [6.45, 7) is 9.02. The van der Waals surface area contributed by atoms with E-state index in [2.05, 4.69) is 0 Å².